The van der Waals surface area contributed by atoms with E-state index in [4.69, 9.17) is 12.2 Å². The van der Waals surface area contributed by atoms with Gasteiger partial charge in [-0.15, -0.1) is 18.3 Å². The molecule has 1 nitrogen and oxygen atoms in total. The lowest BCUT2D eigenvalue weighted by Crippen LogP contribution is -2.30. The third-order valence-electron chi connectivity index (χ3n) is 2.68. The van der Waals surface area contributed by atoms with Crippen LogP contribution in [0.5, 0.6) is 0 Å². The van der Waals surface area contributed by atoms with E-state index in [-0.39, 0.29) is 17.4 Å². The lowest BCUT2D eigenvalue weighted by Gasteiger charge is -2.31. The first kappa shape index (κ1) is 15.1. The average molecular weight is 246 g/mol. The fourth-order valence-electron chi connectivity index (χ4n) is 1.14. The topological polar surface area (TPSA) is 20.2 Å². The van der Waals surface area contributed by atoms with Crippen molar-refractivity contribution in [2.75, 3.05) is 5.75 Å². The van der Waals surface area contributed by atoms with Crippen LogP contribution in [0, 0.1) is 11.3 Å². The molecule has 1 N–H and O–H groups in total. The summed E-state index contributed by atoms with van der Waals surface area (Å²) in [5.74, 6) is 1.08. The highest BCUT2D eigenvalue weighted by molar-refractivity contribution is 8.23. The normalized spacial score (nSPS) is 15.8. The van der Waals surface area contributed by atoms with Gasteiger partial charge in [0.25, 0.3) is 0 Å². The fraction of sp³-hybridized carbons (Fsp3) is 0.750. The summed E-state index contributed by atoms with van der Waals surface area (Å²) in [6.45, 7) is 12.1. The molecule has 3 heteroatoms. The summed E-state index contributed by atoms with van der Waals surface area (Å²) in [5.41, 5.74) is 0.123. The van der Waals surface area contributed by atoms with E-state index in [0.717, 1.165) is 9.95 Å². The predicted octanol–water partition coefficient (Wildman–Crippen LogP) is 3.67. The molecule has 0 unspecified atom stereocenters. The second kappa shape index (κ2) is 6.66. The molecular formula is C12H22OS2. The molecule has 0 aliphatic rings. The van der Waals surface area contributed by atoms with Gasteiger partial charge < -0.3 is 5.11 Å². The molecule has 2 atom stereocenters. The van der Waals surface area contributed by atoms with Crippen LogP contribution in [0.3, 0.4) is 0 Å². The van der Waals surface area contributed by atoms with E-state index in [2.05, 4.69) is 34.3 Å². The zero-order valence-electron chi connectivity index (χ0n) is 10.1. The predicted molar refractivity (Wildman–Crippen MR) is 74.5 cm³/mol. The van der Waals surface area contributed by atoms with Gasteiger partial charge in [-0.1, -0.05) is 46.0 Å². The van der Waals surface area contributed by atoms with E-state index < -0.39 is 0 Å². The average Bonchev–Trinajstić information content (AvgIpc) is 2.11. The highest BCUT2D eigenvalue weighted by Gasteiger charge is 2.27. The van der Waals surface area contributed by atoms with Crippen molar-refractivity contribution in [3.8, 4) is 0 Å². The Hall–Kier alpha value is 0.140. The third-order valence-corrected chi connectivity index (χ3v) is 4.09. The van der Waals surface area contributed by atoms with Crippen LogP contribution in [-0.4, -0.2) is 21.2 Å². The molecule has 0 saturated carbocycles. The van der Waals surface area contributed by atoms with Crippen LogP contribution >= 0.6 is 24.0 Å². The summed E-state index contributed by atoms with van der Waals surface area (Å²) in [6, 6.07) is 0. The number of hydrogen-bond acceptors (Lipinski definition) is 3. The summed E-state index contributed by atoms with van der Waals surface area (Å²) >= 11 is 6.78. The molecule has 0 aromatic rings. The Labute approximate surface area is 103 Å². The van der Waals surface area contributed by atoms with Crippen LogP contribution in [0.1, 0.15) is 34.1 Å². The molecule has 0 fully saturated rings. The molecule has 0 saturated heterocycles. The smallest absolute Gasteiger partial charge is 0.0624 e. The molecule has 15 heavy (non-hydrogen) atoms. The van der Waals surface area contributed by atoms with Gasteiger partial charge in [0.2, 0.25) is 0 Å². The van der Waals surface area contributed by atoms with E-state index in [1.54, 1.807) is 11.8 Å². The minimum absolute atomic E-state index is 0.123. The molecule has 0 radical (unpaired) electrons. The first-order chi connectivity index (χ1) is 6.79. The van der Waals surface area contributed by atoms with E-state index in [1.807, 2.05) is 6.08 Å². The molecule has 0 aliphatic heterocycles. The summed E-state index contributed by atoms with van der Waals surface area (Å²) in [7, 11) is 0. The van der Waals surface area contributed by atoms with Gasteiger partial charge in [0, 0.05) is 12.2 Å². The Kier molecular flexibility index (Phi) is 6.73. The van der Waals surface area contributed by atoms with E-state index in [1.165, 1.54) is 0 Å². The van der Waals surface area contributed by atoms with Crippen LogP contribution in [0.2, 0.25) is 0 Å². The SMILES string of the molecule is C=CCSC(=S)C[C@@H](O)[C@H](C)C(C)(C)C. The molecule has 0 spiro atoms. The minimum atomic E-state index is -0.338. The molecule has 0 bridgehead atoms. The van der Waals surface area contributed by atoms with E-state index in [9.17, 15) is 5.11 Å². The van der Waals surface area contributed by atoms with Crippen molar-refractivity contribution < 1.29 is 5.11 Å². The number of thiocarbonyl (C=S) groups is 1. The highest BCUT2D eigenvalue weighted by atomic mass is 32.2. The number of aliphatic hydroxyl groups excluding tert-OH is 1. The quantitative estimate of drug-likeness (QED) is 0.590. The van der Waals surface area contributed by atoms with Crippen molar-refractivity contribution in [1.82, 2.24) is 0 Å². The summed E-state index contributed by atoms with van der Waals surface area (Å²) in [6.07, 6.45) is 2.10. The lowest BCUT2D eigenvalue weighted by molar-refractivity contribution is 0.0606. The fourth-order valence-corrected chi connectivity index (χ4v) is 2.10. The van der Waals surface area contributed by atoms with Crippen LogP contribution in [0.25, 0.3) is 0 Å². The summed E-state index contributed by atoms with van der Waals surface area (Å²) in [5, 5.41) is 10.00. The van der Waals surface area contributed by atoms with Crippen molar-refractivity contribution in [2.24, 2.45) is 11.3 Å². The zero-order chi connectivity index (χ0) is 12.1. The standard InChI is InChI=1S/C12H22OS2/c1-6-7-15-11(14)8-10(13)9(2)12(3,4)5/h6,9-10,13H,1,7-8H2,2-5H3/t9-,10+/m0/s1. The van der Waals surface area contributed by atoms with E-state index in [0.29, 0.717) is 6.42 Å². The van der Waals surface area contributed by atoms with Gasteiger partial charge in [-0.2, -0.15) is 0 Å². The third kappa shape index (κ3) is 6.33. The monoisotopic (exact) mass is 246 g/mol. The van der Waals surface area contributed by atoms with Gasteiger partial charge in [0.1, 0.15) is 0 Å². The van der Waals surface area contributed by atoms with Crippen molar-refractivity contribution in [3.63, 3.8) is 0 Å². The first-order valence-electron chi connectivity index (χ1n) is 5.23. The zero-order valence-corrected chi connectivity index (χ0v) is 11.8. The molecule has 0 aromatic heterocycles. The van der Waals surface area contributed by atoms with Crippen molar-refractivity contribution in [1.29, 1.82) is 0 Å². The maximum absolute atomic E-state index is 10.00. The summed E-state index contributed by atoms with van der Waals surface area (Å²) < 4.78 is 0.874. The Morgan fingerprint density at radius 3 is 2.47 bits per heavy atom. The van der Waals surface area contributed by atoms with Gasteiger partial charge in [0.15, 0.2) is 0 Å². The van der Waals surface area contributed by atoms with Crippen LogP contribution < -0.4 is 0 Å². The van der Waals surface area contributed by atoms with Crippen molar-refractivity contribution in [3.05, 3.63) is 12.7 Å². The highest BCUT2D eigenvalue weighted by Crippen LogP contribution is 2.30. The molecule has 0 aliphatic carbocycles. The molecule has 0 amide bonds. The Morgan fingerprint density at radius 1 is 1.53 bits per heavy atom. The van der Waals surface area contributed by atoms with Gasteiger partial charge in [-0.3, -0.25) is 0 Å². The number of rotatable bonds is 5. The second-order valence-electron chi connectivity index (χ2n) is 4.90. The van der Waals surface area contributed by atoms with Crippen LogP contribution in [0.4, 0.5) is 0 Å². The second-order valence-corrected chi connectivity index (χ2v) is 6.76. The van der Waals surface area contributed by atoms with Crippen LogP contribution in [-0.2, 0) is 0 Å². The lowest BCUT2D eigenvalue weighted by atomic mass is 9.78. The summed E-state index contributed by atoms with van der Waals surface area (Å²) in [4.78, 5) is 0. The minimum Gasteiger partial charge on any atom is -0.392 e. The Morgan fingerprint density at radius 2 is 2.07 bits per heavy atom. The Bertz CT molecular complexity index is 218. The molecular weight excluding hydrogens is 224 g/mol. The van der Waals surface area contributed by atoms with Crippen LogP contribution in [0.15, 0.2) is 12.7 Å². The molecule has 0 heterocycles. The molecule has 0 rings (SSSR count). The first-order valence-corrected chi connectivity index (χ1v) is 6.63. The van der Waals surface area contributed by atoms with Gasteiger partial charge in [-0.05, 0) is 11.3 Å². The number of thioether (sulfide) groups is 1. The van der Waals surface area contributed by atoms with Gasteiger partial charge >= 0.3 is 0 Å². The number of hydrogen-bond donors (Lipinski definition) is 1. The Balaban J connectivity index is 4.07. The maximum Gasteiger partial charge on any atom is 0.0624 e. The van der Waals surface area contributed by atoms with Gasteiger partial charge in [-0.25, -0.2) is 0 Å². The van der Waals surface area contributed by atoms with Gasteiger partial charge in [0.05, 0.1) is 10.3 Å². The van der Waals surface area contributed by atoms with Crippen molar-refractivity contribution in [2.45, 2.75) is 40.2 Å². The number of aliphatic hydroxyl groups is 1. The van der Waals surface area contributed by atoms with E-state index >= 15 is 0 Å². The maximum atomic E-state index is 10.00. The molecule has 0 aromatic carbocycles. The largest absolute Gasteiger partial charge is 0.392 e. The molecule has 88 valence electrons. The van der Waals surface area contributed by atoms with Crippen molar-refractivity contribution >= 4 is 28.2 Å².